The van der Waals surface area contributed by atoms with Crippen LogP contribution in [-0.2, 0) is 42.9 Å². The minimum Gasteiger partial charge on any atom is -0.468 e. The Balaban J connectivity index is 2.10. The topological polar surface area (TPSA) is 114 Å². The van der Waals surface area contributed by atoms with Gasteiger partial charge in [-0.05, 0) is 50.9 Å². The fraction of sp³-hybridized carbons (Fsp3) is 0.778. The normalized spacial score (nSPS) is 41.6. The lowest BCUT2D eigenvalue weighted by Gasteiger charge is -2.66. The molecule has 2 aliphatic carbocycles. The van der Waals surface area contributed by atoms with Crippen molar-refractivity contribution in [3.05, 3.63) is 12.7 Å². The molecule has 3 rings (SSSR count). The molecular formula is C27H40O9. The number of esters is 4. The predicted molar refractivity (Wildman–Crippen MR) is 128 cm³/mol. The molecule has 0 aromatic carbocycles. The van der Waals surface area contributed by atoms with E-state index in [1.165, 1.54) is 27.9 Å². The first-order valence-corrected chi connectivity index (χ1v) is 12.6. The van der Waals surface area contributed by atoms with Crippen molar-refractivity contribution in [2.75, 3.05) is 13.7 Å². The molecule has 0 amide bonds. The van der Waals surface area contributed by atoms with E-state index in [0.29, 0.717) is 25.7 Å². The van der Waals surface area contributed by atoms with Crippen molar-refractivity contribution in [1.29, 1.82) is 0 Å². The molecule has 0 aromatic heterocycles. The Morgan fingerprint density at radius 1 is 0.972 bits per heavy atom. The molecule has 0 aromatic rings. The summed E-state index contributed by atoms with van der Waals surface area (Å²) in [6.45, 7) is 13.9. The van der Waals surface area contributed by atoms with Crippen LogP contribution in [0.15, 0.2) is 12.7 Å². The molecule has 3 fully saturated rings. The van der Waals surface area contributed by atoms with Gasteiger partial charge in [-0.2, -0.15) is 0 Å². The Labute approximate surface area is 213 Å². The molecule has 1 saturated heterocycles. The second-order valence-corrected chi connectivity index (χ2v) is 11.3. The van der Waals surface area contributed by atoms with Crippen LogP contribution >= 0.6 is 0 Å². The zero-order chi connectivity index (χ0) is 27.1. The van der Waals surface area contributed by atoms with Crippen molar-refractivity contribution >= 4 is 23.9 Å². The third-order valence-electron chi connectivity index (χ3n) is 8.93. The lowest BCUT2D eigenvalue weighted by molar-refractivity contribution is -0.302. The molecule has 1 aliphatic heterocycles. The molecule has 1 heterocycles. The molecule has 3 unspecified atom stereocenters. The molecule has 0 radical (unpaired) electrons. The van der Waals surface area contributed by atoms with Gasteiger partial charge >= 0.3 is 23.9 Å². The number of ether oxygens (including phenoxy) is 5. The van der Waals surface area contributed by atoms with E-state index in [-0.39, 0.29) is 24.9 Å². The number of hydrogen-bond donors (Lipinski definition) is 0. The van der Waals surface area contributed by atoms with Gasteiger partial charge in [0.25, 0.3) is 0 Å². The summed E-state index contributed by atoms with van der Waals surface area (Å²) < 4.78 is 28.9. The summed E-state index contributed by atoms with van der Waals surface area (Å²) in [7, 11) is 1.34. The van der Waals surface area contributed by atoms with Crippen molar-refractivity contribution in [1.82, 2.24) is 0 Å². The highest BCUT2D eigenvalue weighted by Gasteiger charge is 2.70. The van der Waals surface area contributed by atoms with Crippen LogP contribution in [0.1, 0.15) is 73.6 Å². The summed E-state index contributed by atoms with van der Waals surface area (Å²) in [6, 6.07) is 0. The summed E-state index contributed by atoms with van der Waals surface area (Å²) in [5.41, 5.74) is -3.38. The van der Waals surface area contributed by atoms with E-state index in [9.17, 15) is 19.2 Å². The van der Waals surface area contributed by atoms with E-state index in [1.807, 2.05) is 13.8 Å². The van der Waals surface area contributed by atoms with E-state index in [2.05, 4.69) is 13.5 Å². The first-order chi connectivity index (χ1) is 16.7. The quantitative estimate of drug-likeness (QED) is 0.302. The van der Waals surface area contributed by atoms with E-state index in [4.69, 9.17) is 23.7 Å². The lowest BCUT2D eigenvalue weighted by Crippen LogP contribution is -2.71. The first kappa shape index (κ1) is 28.2. The highest BCUT2D eigenvalue weighted by atomic mass is 16.6. The Morgan fingerprint density at radius 3 is 2.14 bits per heavy atom. The van der Waals surface area contributed by atoms with Crippen molar-refractivity contribution in [3.8, 4) is 0 Å². The Kier molecular flexibility index (Phi) is 7.66. The first-order valence-electron chi connectivity index (χ1n) is 12.6. The number of methoxy groups -OCH3 is 1. The number of hydrogen-bond acceptors (Lipinski definition) is 9. The van der Waals surface area contributed by atoms with Gasteiger partial charge in [0, 0.05) is 33.1 Å². The maximum Gasteiger partial charge on any atom is 0.315 e. The minimum atomic E-state index is -1.08. The van der Waals surface area contributed by atoms with Crippen LogP contribution in [0.25, 0.3) is 0 Å². The van der Waals surface area contributed by atoms with E-state index in [0.717, 1.165) is 0 Å². The van der Waals surface area contributed by atoms with Gasteiger partial charge in [0.15, 0.2) is 0 Å². The molecule has 36 heavy (non-hydrogen) atoms. The molecule has 3 aliphatic rings. The van der Waals surface area contributed by atoms with Gasteiger partial charge in [0.2, 0.25) is 0 Å². The largest absolute Gasteiger partial charge is 0.468 e. The third kappa shape index (κ3) is 4.66. The van der Waals surface area contributed by atoms with Gasteiger partial charge in [0.1, 0.15) is 29.8 Å². The average Bonchev–Trinajstić information content (AvgIpc) is 2.77. The van der Waals surface area contributed by atoms with Crippen molar-refractivity contribution in [2.24, 2.45) is 22.7 Å². The minimum absolute atomic E-state index is 0.0412. The second-order valence-electron chi connectivity index (χ2n) is 11.3. The highest BCUT2D eigenvalue weighted by molar-refractivity contribution is 5.79. The van der Waals surface area contributed by atoms with Crippen LogP contribution in [-0.4, -0.2) is 61.0 Å². The fourth-order valence-electron chi connectivity index (χ4n) is 7.70. The molecule has 0 spiro atoms. The van der Waals surface area contributed by atoms with Crippen LogP contribution in [0.3, 0.4) is 0 Å². The highest BCUT2D eigenvalue weighted by Crippen LogP contribution is 2.66. The molecule has 9 nitrogen and oxygen atoms in total. The SMILES string of the molecule is C=C[C@@]1(COC(C)=O)CC(OC(C)=O)C2[C@]3(C)CC[C@@H](OC(C)=O)[C@](C)(C(=O)OC)C3CC[C@]2(C)O1. The van der Waals surface area contributed by atoms with Crippen LogP contribution in [0.2, 0.25) is 0 Å². The van der Waals surface area contributed by atoms with Crippen LogP contribution in [0.5, 0.6) is 0 Å². The van der Waals surface area contributed by atoms with Gasteiger partial charge in [-0.3, -0.25) is 19.2 Å². The van der Waals surface area contributed by atoms with Gasteiger partial charge in [-0.15, -0.1) is 6.58 Å². The predicted octanol–water partition coefficient (Wildman–Crippen LogP) is 3.52. The van der Waals surface area contributed by atoms with Gasteiger partial charge in [-0.25, -0.2) is 0 Å². The Hall–Kier alpha value is -2.42. The van der Waals surface area contributed by atoms with E-state index < -0.39 is 58.1 Å². The molecule has 8 atom stereocenters. The fourth-order valence-corrected chi connectivity index (χ4v) is 7.70. The van der Waals surface area contributed by atoms with E-state index >= 15 is 0 Å². The molecule has 202 valence electrons. The van der Waals surface area contributed by atoms with Gasteiger partial charge in [0.05, 0.1) is 12.7 Å². The zero-order valence-electron chi connectivity index (χ0n) is 22.5. The van der Waals surface area contributed by atoms with Crippen molar-refractivity contribution in [2.45, 2.75) is 97.1 Å². The Bertz CT molecular complexity index is 930. The van der Waals surface area contributed by atoms with Crippen molar-refractivity contribution < 1.29 is 42.9 Å². The molecular weight excluding hydrogens is 468 g/mol. The molecule has 2 saturated carbocycles. The molecule has 0 N–H and O–H groups in total. The number of rotatable bonds is 6. The maximum absolute atomic E-state index is 13.3. The van der Waals surface area contributed by atoms with Crippen molar-refractivity contribution in [3.63, 3.8) is 0 Å². The summed E-state index contributed by atoms with van der Waals surface area (Å²) in [5.74, 6) is -2.24. The van der Waals surface area contributed by atoms with E-state index in [1.54, 1.807) is 6.08 Å². The standard InChI is InChI=1S/C27H40O9/c1-9-27(15-33-16(2)28)14-19(34-17(3)29)22-24(5)12-11-21(35-18(4)30)26(7,23(31)32-8)20(24)10-13-25(22,6)36-27/h9,19-22H,1,10-15H2,2-8H3/t19?,20?,21-,22?,24-,25+,26-,27+/m1/s1. The summed E-state index contributed by atoms with van der Waals surface area (Å²) >= 11 is 0. The second kappa shape index (κ2) is 9.80. The number of fused-ring (bicyclic) bond motifs is 3. The summed E-state index contributed by atoms with van der Waals surface area (Å²) in [5, 5.41) is 0. The molecule has 9 heteroatoms. The summed E-state index contributed by atoms with van der Waals surface area (Å²) in [6.07, 6.45) is 2.91. The van der Waals surface area contributed by atoms with Crippen LogP contribution in [0, 0.1) is 22.7 Å². The summed E-state index contributed by atoms with van der Waals surface area (Å²) in [4.78, 5) is 49.1. The van der Waals surface area contributed by atoms with Gasteiger partial charge < -0.3 is 23.7 Å². The maximum atomic E-state index is 13.3. The number of carbonyl (C=O) groups is 4. The molecule has 0 bridgehead atoms. The zero-order valence-corrected chi connectivity index (χ0v) is 22.5. The smallest absolute Gasteiger partial charge is 0.315 e. The third-order valence-corrected chi connectivity index (χ3v) is 8.93. The number of carbonyl (C=O) groups excluding carboxylic acids is 4. The lowest BCUT2D eigenvalue weighted by atomic mass is 9.43. The van der Waals surface area contributed by atoms with Crippen LogP contribution in [0.4, 0.5) is 0 Å². The Morgan fingerprint density at radius 2 is 1.61 bits per heavy atom. The van der Waals surface area contributed by atoms with Gasteiger partial charge in [-0.1, -0.05) is 13.0 Å². The monoisotopic (exact) mass is 508 g/mol. The van der Waals surface area contributed by atoms with Crippen LogP contribution < -0.4 is 0 Å². The average molecular weight is 509 g/mol.